The fourth-order valence-corrected chi connectivity index (χ4v) is 4.50. The van der Waals surface area contributed by atoms with Gasteiger partial charge in [0, 0.05) is 0 Å². The van der Waals surface area contributed by atoms with Crippen LogP contribution in [0.2, 0.25) is 5.32 Å². The van der Waals surface area contributed by atoms with E-state index in [1.165, 1.54) is 7.11 Å². The van der Waals surface area contributed by atoms with E-state index < -0.39 is 5.97 Å². The molecule has 0 saturated carbocycles. The Bertz CT molecular complexity index is 955. The van der Waals surface area contributed by atoms with Gasteiger partial charge in [-0.2, -0.15) is 0 Å². The van der Waals surface area contributed by atoms with Gasteiger partial charge < -0.3 is 0 Å². The minimum absolute atomic E-state index is 0.0219. The Balaban J connectivity index is 1.81. The molecule has 0 aliphatic rings. The van der Waals surface area contributed by atoms with Crippen LogP contribution >= 0.6 is 0 Å². The predicted molar refractivity (Wildman–Crippen MR) is 104 cm³/mol. The fraction of sp³-hybridized carbons (Fsp3) is 0.200. The molecule has 0 radical (unpaired) electrons. The van der Waals surface area contributed by atoms with Crippen LogP contribution in [0.1, 0.15) is 26.4 Å². The number of methoxy groups -OCH3 is 2. The van der Waals surface area contributed by atoms with E-state index >= 15 is 0 Å². The summed E-state index contributed by atoms with van der Waals surface area (Å²) in [6, 6.07) is 16.7. The van der Waals surface area contributed by atoms with Crippen molar-refractivity contribution in [2.24, 2.45) is 0 Å². The molecule has 0 aliphatic heterocycles. The minimum atomic E-state index is -0.551. The van der Waals surface area contributed by atoms with Crippen LogP contribution in [0.3, 0.4) is 0 Å². The monoisotopic (exact) mass is 445 g/mol. The van der Waals surface area contributed by atoms with Gasteiger partial charge >= 0.3 is 169 Å². The van der Waals surface area contributed by atoms with Gasteiger partial charge in [-0.15, -0.1) is 0 Å². The van der Waals surface area contributed by atoms with Crippen LogP contribution in [0.15, 0.2) is 54.6 Å². The Morgan fingerprint density at radius 3 is 2.39 bits per heavy atom. The second-order valence-electron chi connectivity index (χ2n) is 5.82. The van der Waals surface area contributed by atoms with Gasteiger partial charge in [-0.3, -0.25) is 0 Å². The zero-order valence-corrected chi connectivity index (χ0v) is 17.2. The molecule has 0 amide bonds. The van der Waals surface area contributed by atoms with Gasteiger partial charge in [0.2, 0.25) is 0 Å². The average Bonchev–Trinajstić information content (AvgIpc) is 3.15. The number of carbonyl (C=O) groups excluding carboxylic acids is 2. The maximum absolute atomic E-state index is 12.5. The van der Waals surface area contributed by atoms with E-state index in [2.05, 4.69) is 10.3 Å². The Morgan fingerprint density at radius 1 is 1.04 bits per heavy atom. The standard InChI is InChI=1S/C20H19N3O4Se/c1-26-16-10-8-14(9-11-16)12-23-19(18(21-22-23)20(25)27-2)28-13-17(24)15-6-4-3-5-7-15/h3-11H,12-13H2,1-2H3. The molecule has 0 unspecified atom stereocenters. The number of nitrogens with zero attached hydrogens (tertiary/aromatic N) is 3. The molecule has 0 bridgehead atoms. The first-order chi connectivity index (χ1) is 13.6. The van der Waals surface area contributed by atoms with E-state index in [1.54, 1.807) is 23.9 Å². The molecule has 2 aromatic carbocycles. The van der Waals surface area contributed by atoms with E-state index in [-0.39, 0.29) is 26.4 Å². The van der Waals surface area contributed by atoms with Gasteiger partial charge in [-0.05, 0) is 0 Å². The Labute approximate surface area is 168 Å². The predicted octanol–water partition coefficient (Wildman–Crippen LogP) is 1.75. The molecule has 0 N–H and O–H groups in total. The number of hydrogen-bond donors (Lipinski definition) is 0. The number of rotatable bonds is 8. The van der Waals surface area contributed by atoms with Crippen LogP contribution in [-0.2, 0) is 11.3 Å². The number of aromatic nitrogens is 3. The first-order valence-electron chi connectivity index (χ1n) is 8.48. The van der Waals surface area contributed by atoms with E-state index in [4.69, 9.17) is 9.47 Å². The first-order valence-corrected chi connectivity index (χ1v) is 10.5. The van der Waals surface area contributed by atoms with Gasteiger partial charge in [0.05, 0.1) is 0 Å². The molecule has 28 heavy (non-hydrogen) atoms. The molecule has 1 aromatic heterocycles. The molecule has 144 valence electrons. The summed E-state index contributed by atoms with van der Waals surface area (Å²) < 4.78 is 12.3. The molecular formula is C20H19N3O4Se. The Hall–Kier alpha value is -2.96. The first kappa shape index (κ1) is 19.8. The van der Waals surface area contributed by atoms with Gasteiger partial charge in [0.15, 0.2) is 0 Å². The zero-order valence-electron chi connectivity index (χ0n) is 15.5. The molecule has 3 aromatic rings. The molecule has 1 heterocycles. The van der Waals surface area contributed by atoms with Crippen molar-refractivity contribution in [3.63, 3.8) is 0 Å². The fourth-order valence-electron chi connectivity index (χ4n) is 2.52. The molecule has 0 spiro atoms. The summed E-state index contributed by atoms with van der Waals surface area (Å²) in [5, 5.41) is 8.40. The van der Waals surface area contributed by atoms with E-state index in [1.807, 2.05) is 42.5 Å². The normalized spacial score (nSPS) is 10.5. The van der Waals surface area contributed by atoms with Gasteiger partial charge in [-0.1, -0.05) is 0 Å². The molecule has 0 fully saturated rings. The van der Waals surface area contributed by atoms with Crippen LogP contribution in [0.25, 0.3) is 0 Å². The van der Waals surface area contributed by atoms with Crippen molar-refractivity contribution in [2.45, 2.75) is 11.9 Å². The summed E-state index contributed by atoms with van der Waals surface area (Å²) in [5.41, 5.74) is 1.79. The Morgan fingerprint density at radius 2 is 1.75 bits per heavy atom. The van der Waals surface area contributed by atoms with Gasteiger partial charge in [0.25, 0.3) is 0 Å². The van der Waals surface area contributed by atoms with Crippen LogP contribution in [0.5, 0.6) is 5.75 Å². The number of benzene rings is 2. The summed E-state index contributed by atoms with van der Waals surface area (Å²) in [6.07, 6.45) is 0. The van der Waals surface area contributed by atoms with Crippen LogP contribution in [-0.4, -0.2) is 55.9 Å². The number of hydrogen-bond acceptors (Lipinski definition) is 6. The maximum atomic E-state index is 12.5. The van der Waals surface area contributed by atoms with Crippen molar-refractivity contribution in [2.75, 3.05) is 14.2 Å². The van der Waals surface area contributed by atoms with E-state index in [0.717, 1.165) is 11.3 Å². The summed E-state index contributed by atoms with van der Waals surface area (Å²) in [7, 11) is 2.91. The molecular weight excluding hydrogens is 425 g/mol. The molecule has 0 aliphatic carbocycles. The number of ketones is 1. The number of Topliss-reactive ketones (excluding diaryl/α,β-unsaturated/α-hetero) is 1. The number of carbonyl (C=O) groups is 2. The Kier molecular flexibility index (Phi) is 6.57. The third-order valence-electron chi connectivity index (χ3n) is 4.00. The van der Waals surface area contributed by atoms with Crippen molar-refractivity contribution in [1.29, 1.82) is 0 Å². The van der Waals surface area contributed by atoms with Crippen molar-refractivity contribution < 1.29 is 19.1 Å². The van der Waals surface area contributed by atoms with E-state index in [9.17, 15) is 9.59 Å². The topological polar surface area (TPSA) is 83.3 Å². The summed E-state index contributed by atoms with van der Waals surface area (Å²) in [5.74, 6) is 0.231. The van der Waals surface area contributed by atoms with Gasteiger partial charge in [0.1, 0.15) is 0 Å². The van der Waals surface area contributed by atoms with Gasteiger partial charge in [-0.25, -0.2) is 0 Å². The van der Waals surface area contributed by atoms with Crippen LogP contribution in [0, 0.1) is 0 Å². The molecule has 0 saturated heterocycles. The van der Waals surface area contributed by atoms with Crippen LogP contribution < -0.4 is 9.33 Å². The van der Waals surface area contributed by atoms with Crippen LogP contribution in [0.4, 0.5) is 0 Å². The van der Waals surface area contributed by atoms with Crippen molar-refractivity contribution in [3.8, 4) is 5.75 Å². The quantitative estimate of drug-likeness (QED) is 0.299. The third-order valence-corrected chi connectivity index (χ3v) is 6.27. The molecule has 7 nitrogen and oxygen atoms in total. The molecule has 3 rings (SSSR count). The SMILES string of the molecule is COC(=O)c1nnn(Cc2ccc(OC)cc2)c1[Se]CC(=O)c1ccccc1. The summed E-state index contributed by atoms with van der Waals surface area (Å²) in [4.78, 5) is 24.5. The van der Waals surface area contributed by atoms with Crippen molar-refractivity contribution in [1.82, 2.24) is 15.0 Å². The zero-order chi connectivity index (χ0) is 19.9. The number of ether oxygens (including phenoxy) is 2. The second-order valence-corrected chi connectivity index (χ2v) is 7.84. The van der Waals surface area contributed by atoms with Crippen molar-refractivity contribution in [3.05, 3.63) is 71.4 Å². The average molecular weight is 444 g/mol. The molecule has 0 atom stereocenters. The van der Waals surface area contributed by atoms with E-state index in [0.29, 0.717) is 22.0 Å². The second kappa shape index (κ2) is 9.30. The van der Waals surface area contributed by atoms with Crippen molar-refractivity contribution >= 4 is 31.3 Å². The number of esters is 1. The molecule has 8 heteroatoms. The summed E-state index contributed by atoms with van der Waals surface area (Å²) >= 11 is -0.327. The third kappa shape index (κ3) is 4.65. The summed E-state index contributed by atoms with van der Waals surface area (Å²) in [6.45, 7) is 0.435.